The lowest BCUT2D eigenvalue weighted by atomic mass is 10.1. The van der Waals surface area contributed by atoms with Gasteiger partial charge in [-0.3, -0.25) is 4.79 Å². The van der Waals surface area contributed by atoms with Crippen LogP contribution in [0.5, 0.6) is 0 Å². The zero-order chi connectivity index (χ0) is 14.6. The minimum absolute atomic E-state index is 0.135. The molecule has 0 spiro atoms. The Morgan fingerprint density at radius 3 is 2.75 bits per heavy atom. The van der Waals surface area contributed by atoms with Crippen LogP contribution in [0, 0.1) is 5.92 Å². The molecule has 1 amide bonds. The van der Waals surface area contributed by atoms with Crippen molar-refractivity contribution in [1.29, 1.82) is 0 Å². The maximum Gasteiger partial charge on any atom is 0.220 e. The lowest BCUT2D eigenvalue weighted by Crippen LogP contribution is -2.24. The Morgan fingerprint density at radius 1 is 1.30 bits per heavy atom. The molecule has 0 fully saturated rings. The molecule has 0 saturated heterocycles. The second-order valence-corrected chi connectivity index (χ2v) is 6.21. The molecule has 112 valence electrons. The molecule has 3 nitrogen and oxygen atoms in total. The van der Waals surface area contributed by atoms with Crippen molar-refractivity contribution in [2.24, 2.45) is 5.92 Å². The smallest absolute Gasteiger partial charge is 0.220 e. The predicted octanol–water partition coefficient (Wildman–Crippen LogP) is 3.08. The van der Waals surface area contributed by atoms with Gasteiger partial charge in [0.1, 0.15) is 0 Å². The van der Waals surface area contributed by atoms with E-state index < -0.39 is 0 Å². The summed E-state index contributed by atoms with van der Waals surface area (Å²) in [5.74, 6) is 1.43. The van der Waals surface area contributed by atoms with Crippen molar-refractivity contribution >= 4 is 17.7 Å². The minimum atomic E-state index is 0.135. The van der Waals surface area contributed by atoms with Crippen LogP contribution in [-0.4, -0.2) is 29.9 Å². The van der Waals surface area contributed by atoms with Crippen LogP contribution in [0.4, 0.5) is 0 Å². The molecule has 0 bridgehead atoms. The number of carbonyl (C=O) groups excluding carboxylic acids is 1. The largest absolute Gasteiger partial charge is 0.396 e. The molecule has 0 aliphatic heterocycles. The van der Waals surface area contributed by atoms with E-state index in [2.05, 4.69) is 17.4 Å². The van der Waals surface area contributed by atoms with Gasteiger partial charge in [-0.1, -0.05) is 25.1 Å². The Kier molecular flexibility index (Phi) is 9.16. The highest BCUT2D eigenvalue weighted by molar-refractivity contribution is 7.99. The van der Waals surface area contributed by atoms with Crippen LogP contribution >= 0.6 is 11.8 Å². The summed E-state index contributed by atoms with van der Waals surface area (Å²) in [5.41, 5.74) is 0. The summed E-state index contributed by atoms with van der Waals surface area (Å²) in [7, 11) is 0. The first kappa shape index (κ1) is 17.1. The monoisotopic (exact) mass is 295 g/mol. The third-order valence-electron chi connectivity index (χ3n) is 3.07. The lowest BCUT2D eigenvalue weighted by Gasteiger charge is -2.08. The molecule has 0 saturated carbocycles. The molecule has 1 aromatic rings. The topological polar surface area (TPSA) is 49.3 Å². The number of hydrogen-bond donors (Lipinski definition) is 2. The first-order chi connectivity index (χ1) is 9.72. The number of rotatable bonds is 10. The van der Waals surface area contributed by atoms with Crippen LogP contribution < -0.4 is 5.32 Å². The van der Waals surface area contributed by atoms with Gasteiger partial charge in [-0.05, 0) is 43.1 Å². The number of aliphatic hydroxyl groups is 1. The molecular weight excluding hydrogens is 270 g/mol. The molecule has 0 aromatic heterocycles. The summed E-state index contributed by atoms with van der Waals surface area (Å²) in [6, 6.07) is 10.3. The molecular formula is C16H25NO2S. The van der Waals surface area contributed by atoms with Crippen LogP contribution in [0.3, 0.4) is 0 Å². The second-order valence-electron chi connectivity index (χ2n) is 5.04. The number of nitrogens with one attached hydrogen (secondary N) is 1. The van der Waals surface area contributed by atoms with Crippen LogP contribution in [-0.2, 0) is 4.79 Å². The first-order valence-corrected chi connectivity index (χ1v) is 8.26. The van der Waals surface area contributed by atoms with Crippen LogP contribution in [0.15, 0.2) is 35.2 Å². The summed E-state index contributed by atoms with van der Waals surface area (Å²) in [4.78, 5) is 12.9. The Hall–Kier alpha value is -1.00. The SMILES string of the molecule is CC(CO)CCCNC(=O)CCCSc1ccccc1. The third-order valence-corrected chi connectivity index (χ3v) is 4.17. The molecule has 20 heavy (non-hydrogen) atoms. The van der Waals surface area contributed by atoms with Gasteiger partial charge in [0.05, 0.1) is 0 Å². The van der Waals surface area contributed by atoms with Crippen LogP contribution in [0.1, 0.15) is 32.6 Å². The van der Waals surface area contributed by atoms with Crippen molar-refractivity contribution in [3.05, 3.63) is 30.3 Å². The van der Waals surface area contributed by atoms with Gasteiger partial charge in [-0.2, -0.15) is 0 Å². The summed E-state index contributed by atoms with van der Waals surface area (Å²) in [6.07, 6.45) is 3.39. The highest BCUT2D eigenvalue weighted by Gasteiger charge is 2.03. The second kappa shape index (κ2) is 10.7. The molecule has 0 aliphatic carbocycles. The number of amides is 1. The zero-order valence-electron chi connectivity index (χ0n) is 12.2. The van der Waals surface area contributed by atoms with Crippen molar-refractivity contribution in [2.75, 3.05) is 18.9 Å². The summed E-state index contributed by atoms with van der Waals surface area (Å²) in [6.45, 7) is 2.96. The predicted molar refractivity (Wildman–Crippen MR) is 84.9 cm³/mol. The van der Waals surface area contributed by atoms with E-state index in [1.165, 1.54) is 4.90 Å². The van der Waals surface area contributed by atoms with E-state index >= 15 is 0 Å². The summed E-state index contributed by atoms with van der Waals surface area (Å²) < 4.78 is 0. The fraction of sp³-hybridized carbons (Fsp3) is 0.562. The number of aliphatic hydroxyl groups excluding tert-OH is 1. The minimum Gasteiger partial charge on any atom is -0.396 e. The van der Waals surface area contributed by atoms with Crippen molar-refractivity contribution in [1.82, 2.24) is 5.32 Å². The Labute approximate surface area is 126 Å². The first-order valence-electron chi connectivity index (χ1n) is 7.27. The molecule has 0 radical (unpaired) electrons. The van der Waals surface area contributed by atoms with E-state index in [-0.39, 0.29) is 12.5 Å². The summed E-state index contributed by atoms with van der Waals surface area (Å²) in [5, 5.41) is 11.8. The maximum absolute atomic E-state index is 11.6. The van der Waals surface area contributed by atoms with Gasteiger partial charge in [-0.15, -0.1) is 11.8 Å². The molecule has 2 N–H and O–H groups in total. The number of hydrogen-bond acceptors (Lipinski definition) is 3. The van der Waals surface area contributed by atoms with E-state index in [4.69, 9.17) is 5.11 Å². The van der Waals surface area contributed by atoms with E-state index in [0.717, 1.165) is 31.6 Å². The fourth-order valence-electron chi connectivity index (χ4n) is 1.80. The molecule has 0 heterocycles. The van der Waals surface area contributed by atoms with Gasteiger partial charge in [0.2, 0.25) is 5.91 Å². The number of thioether (sulfide) groups is 1. The van der Waals surface area contributed by atoms with Crippen molar-refractivity contribution in [3.63, 3.8) is 0 Å². The van der Waals surface area contributed by atoms with E-state index in [1.54, 1.807) is 11.8 Å². The maximum atomic E-state index is 11.6. The third kappa shape index (κ3) is 8.23. The highest BCUT2D eigenvalue weighted by Crippen LogP contribution is 2.18. The molecule has 1 rings (SSSR count). The molecule has 1 atom stereocenters. The van der Waals surface area contributed by atoms with E-state index in [9.17, 15) is 4.79 Å². The quantitative estimate of drug-likeness (QED) is 0.515. The average Bonchev–Trinajstić information content (AvgIpc) is 2.49. The van der Waals surface area contributed by atoms with Crippen molar-refractivity contribution < 1.29 is 9.90 Å². The van der Waals surface area contributed by atoms with Gasteiger partial charge in [-0.25, -0.2) is 0 Å². The number of carbonyl (C=O) groups is 1. The average molecular weight is 295 g/mol. The molecule has 0 aliphatic rings. The Balaban J connectivity index is 1.98. The van der Waals surface area contributed by atoms with Gasteiger partial charge in [0.15, 0.2) is 0 Å². The Bertz CT molecular complexity index is 370. The molecule has 1 aromatic carbocycles. The van der Waals surface area contributed by atoms with E-state index in [1.807, 2.05) is 25.1 Å². The van der Waals surface area contributed by atoms with Crippen LogP contribution in [0.25, 0.3) is 0 Å². The van der Waals surface area contributed by atoms with E-state index in [0.29, 0.717) is 12.3 Å². The van der Waals surface area contributed by atoms with Gasteiger partial charge < -0.3 is 10.4 Å². The van der Waals surface area contributed by atoms with Gasteiger partial charge >= 0.3 is 0 Å². The molecule has 1 unspecified atom stereocenters. The van der Waals surface area contributed by atoms with Crippen molar-refractivity contribution in [2.45, 2.75) is 37.5 Å². The van der Waals surface area contributed by atoms with Crippen molar-refractivity contribution in [3.8, 4) is 0 Å². The van der Waals surface area contributed by atoms with Crippen LogP contribution in [0.2, 0.25) is 0 Å². The normalized spacial score (nSPS) is 12.1. The molecule has 4 heteroatoms. The highest BCUT2D eigenvalue weighted by atomic mass is 32.2. The fourth-order valence-corrected chi connectivity index (χ4v) is 2.67. The van der Waals surface area contributed by atoms with Gasteiger partial charge in [0, 0.05) is 24.5 Å². The lowest BCUT2D eigenvalue weighted by molar-refractivity contribution is -0.121. The van der Waals surface area contributed by atoms with Gasteiger partial charge in [0.25, 0.3) is 0 Å². The zero-order valence-corrected chi connectivity index (χ0v) is 13.0. The summed E-state index contributed by atoms with van der Waals surface area (Å²) >= 11 is 1.79. The Morgan fingerprint density at radius 2 is 2.05 bits per heavy atom. The number of benzene rings is 1. The standard InChI is InChI=1S/C16H25NO2S/c1-14(13-18)7-5-11-17-16(19)10-6-12-20-15-8-3-2-4-9-15/h2-4,8-9,14,18H,5-7,10-13H2,1H3,(H,17,19).